The van der Waals surface area contributed by atoms with E-state index in [2.05, 4.69) is 4.98 Å². The normalized spacial score (nSPS) is 11.4. The predicted octanol–water partition coefficient (Wildman–Crippen LogP) is 2.68. The number of halogens is 2. The quantitative estimate of drug-likeness (QED) is 0.813. The molecule has 0 bridgehead atoms. The van der Waals surface area contributed by atoms with E-state index in [0.717, 1.165) is 13.1 Å². The molecule has 94 valence electrons. The minimum Gasteiger partial charge on any atom is -0.339 e. The summed E-state index contributed by atoms with van der Waals surface area (Å²) in [6.07, 6.45) is 2.40. The van der Waals surface area contributed by atoms with E-state index in [1.165, 1.54) is 12.3 Å². The molecule has 0 radical (unpaired) electrons. The lowest BCUT2D eigenvalue weighted by atomic mass is 10.1. The third-order valence-corrected chi connectivity index (χ3v) is 2.54. The van der Waals surface area contributed by atoms with Crippen molar-refractivity contribution in [1.82, 2.24) is 9.88 Å². The number of hydrogen-bond acceptors (Lipinski definition) is 2. The molecule has 0 aromatic carbocycles. The second-order valence-electron chi connectivity index (χ2n) is 3.83. The van der Waals surface area contributed by atoms with Gasteiger partial charge in [0.15, 0.2) is 0 Å². The number of hydrogen-bond donors (Lipinski definition) is 0. The van der Waals surface area contributed by atoms with Gasteiger partial charge in [-0.05, 0) is 19.9 Å². The molecule has 1 heterocycles. The molecule has 1 rings (SSSR count). The largest absolute Gasteiger partial charge is 0.339 e. The van der Waals surface area contributed by atoms with Crippen LogP contribution in [0.2, 0.25) is 0 Å². The molecular weight excluding hydrogens is 226 g/mol. The third-order valence-electron chi connectivity index (χ3n) is 2.54. The monoisotopic (exact) mass is 242 g/mol. The highest BCUT2D eigenvalue weighted by atomic mass is 19.3. The molecule has 1 aromatic heterocycles. The summed E-state index contributed by atoms with van der Waals surface area (Å²) in [5, 5.41) is 0. The van der Waals surface area contributed by atoms with E-state index < -0.39 is 5.92 Å². The minimum atomic E-state index is -2.98. The van der Waals surface area contributed by atoms with Crippen LogP contribution in [0, 0.1) is 0 Å². The Morgan fingerprint density at radius 2 is 1.94 bits per heavy atom. The molecule has 0 saturated carbocycles. The number of pyridine rings is 1. The van der Waals surface area contributed by atoms with Crippen molar-refractivity contribution in [1.29, 1.82) is 0 Å². The third kappa shape index (κ3) is 3.22. The van der Waals surface area contributed by atoms with Crippen LogP contribution in [-0.2, 0) is 5.92 Å². The molecule has 0 saturated heterocycles. The van der Waals surface area contributed by atoms with Gasteiger partial charge in [0.2, 0.25) is 0 Å². The van der Waals surface area contributed by atoms with Gasteiger partial charge < -0.3 is 4.90 Å². The Labute approximate surface area is 99.5 Å². The van der Waals surface area contributed by atoms with Crippen LogP contribution in [0.3, 0.4) is 0 Å². The van der Waals surface area contributed by atoms with Crippen LogP contribution in [0.4, 0.5) is 8.78 Å². The summed E-state index contributed by atoms with van der Waals surface area (Å²) < 4.78 is 26.2. The van der Waals surface area contributed by atoms with E-state index in [0.29, 0.717) is 13.1 Å². The van der Waals surface area contributed by atoms with E-state index in [1.54, 1.807) is 4.90 Å². The molecule has 0 spiro atoms. The van der Waals surface area contributed by atoms with Gasteiger partial charge in [-0.15, -0.1) is 0 Å². The van der Waals surface area contributed by atoms with Crippen LogP contribution >= 0.6 is 0 Å². The van der Waals surface area contributed by atoms with Crippen molar-refractivity contribution in [3.05, 3.63) is 29.6 Å². The second kappa shape index (κ2) is 5.21. The van der Waals surface area contributed by atoms with Crippen molar-refractivity contribution < 1.29 is 13.6 Å². The fraction of sp³-hybridized carbons (Fsp3) is 0.500. The summed E-state index contributed by atoms with van der Waals surface area (Å²) >= 11 is 0. The van der Waals surface area contributed by atoms with E-state index in [9.17, 15) is 13.6 Å². The lowest BCUT2D eigenvalue weighted by Gasteiger charge is -2.19. The number of carbonyl (C=O) groups excluding carboxylic acids is 1. The number of carbonyl (C=O) groups is 1. The standard InChI is InChI=1S/C12H16F2N2O/c1-4-16(5-2)11(17)9-6-10(8-15-7-9)12(3,13)14/h6-8H,4-5H2,1-3H3. The summed E-state index contributed by atoms with van der Waals surface area (Å²) in [5.74, 6) is -3.25. The van der Waals surface area contributed by atoms with E-state index in [4.69, 9.17) is 0 Å². The molecule has 0 N–H and O–H groups in total. The highest BCUT2D eigenvalue weighted by Gasteiger charge is 2.26. The maximum atomic E-state index is 13.1. The van der Waals surface area contributed by atoms with Gasteiger partial charge in [-0.2, -0.15) is 0 Å². The van der Waals surface area contributed by atoms with Gasteiger partial charge in [0, 0.05) is 38.0 Å². The van der Waals surface area contributed by atoms with Crippen LogP contribution in [0.1, 0.15) is 36.7 Å². The maximum absolute atomic E-state index is 13.1. The lowest BCUT2D eigenvalue weighted by Crippen LogP contribution is -2.30. The molecule has 1 amide bonds. The average molecular weight is 242 g/mol. The first-order chi connectivity index (χ1) is 7.90. The molecule has 0 aliphatic heterocycles. The van der Waals surface area contributed by atoms with Crippen molar-refractivity contribution in [2.45, 2.75) is 26.7 Å². The molecule has 5 heteroatoms. The first-order valence-electron chi connectivity index (χ1n) is 5.52. The molecule has 0 fully saturated rings. The number of rotatable bonds is 4. The van der Waals surface area contributed by atoms with Crippen molar-refractivity contribution in [2.24, 2.45) is 0 Å². The molecule has 0 unspecified atom stereocenters. The molecule has 0 aliphatic carbocycles. The molecule has 17 heavy (non-hydrogen) atoms. The molecular formula is C12H16F2N2O. The maximum Gasteiger partial charge on any atom is 0.272 e. The van der Waals surface area contributed by atoms with Gasteiger partial charge in [-0.25, -0.2) is 8.78 Å². The van der Waals surface area contributed by atoms with Crippen molar-refractivity contribution in [3.63, 3.8) is 0 Å². The van der Waals surface area contributed by atoms with Gasteiger partial charge >= 0.3 is 0 Å². The lowest BCUT2D eigenvalue weighted by molar-refractivity contribution is 0.0170. The Balaban J connectivity index is 3.04. The summed E-state index contributed by atoms with van der Waals surface area (Å²) in [5.41, 5.74) is -0.0387. The Morgan fingerprint density at radius 3 is 2.41 bits per heavy atom. The Kier molecular flexibility index (Phi) is 4.15. The van der Waals surface area contributed by atoms with Gasteiger partial charge in [0.05, 0.1) is 5.56 Å². The highest BCUT2D eigenvalue weighted by Crippen LogP contribution is 2.26. The predicted molar refractivity (Wildman–Crippen MR) is 61.1 cm³/mol. The number of aromatic nitrogens is 1. The fourth-order valence-corrected chi connectivity index (χ4v) is 1.49. The van der Waals surface area contributed by atoms with Crippen molar-refractivity contribution in [3.8, 4) is 0 Å². The van der Waals surface area contributed by atoms with E-state index >= 15 is 0 Å². The topological polar surface area (TPSA) is 33.2 Å². The molecule has 0 aliphatic rings. The average Bonchev–Trinajstić information content (AvgIpc) is 2.29. The van der Waals surface area contributed by atoms with Gasteiger partial charge in [-0.1, -0.05) is 0 Å². The van der Waals surface area contributed by atoms with Crippen LogP contribution < -0.4 is 0 Å². The zero-order valence-electron chi connectivity index (χ0n) is 10.2. The van der Waals surface area contributed by atoms with Gasteiger partial charge in [0.25, 0.3) is 11.8 Å². The van der Waals surface area contributed by atoms with Crippen LogP contribution in [0.15, 0.2) is 18.5 Å². The summed E-state index contributed by atoms with van der Waals surface area (Å²) in [7, 11) is 0. The van der Waals surface area contributed by atoms with E-state index in [-0.39, 0.29) is 17.0 Å². The van der Waals surface area contributed by atoms with Crippen molar-refractivity contribution >= 4 is 5.91 Å². The van der Waals surface area contributed by atoms with Crippen LogP contribution in [-0.4, -0.2) is 28.9 Å². The minimum absolute atomic E-state index is 0.202. The van der Waals surface area contributed by atoms with E-state index in [1.807, 2.05) is 13.8 Å². The highest BCUT2D eigenvalue weighted by molar-refractivity contribution is 5.94. The zero-order valence-corrected chi connectivity index (χ0v) is 10.2. The van der Waals surface area contributed by atoms with Crippen LogP contribution in [0.25, 0.3) is 0 Å². The van der Waals surface area contributed by atoms with Crippen LogP contribution in [0.5, 0.6) is 0 Å². The van der Waals surface area contributed by atoms with Crippen molar-refractivity contribution in [2.75, 3.05) is 13.1 Å². The molecule has 0 atom stereocenters. The number of amides is 1. The summed E-state index contributed by atoms with van der Waals surface area (Å²) in [6.45, 7) is 5.56. The smallest absolute Gasteiger partial charge is 0.272 e. The Morgan fingerprint density at radius 1 is 1.35 bits per heavy atom. The summed E-state index contributed by atoms with van der Waals surface area (Å²) in [6, 6.07) is 1.20. The van der Waals surface area contributed by atoms with Gasteiger partial charge in [0.1, 0.15) is 0 Å². The Hall–Kier alpha value is -1.52. The number of alkyl halides is 2. The fourth-order valence-electron chi connectivity index (χ4n) is 1.49. The number of nitrogens with zero attached hydrogens (tertiary/aromatic N) is 2. The molecule has 1 aromatic rings. The zero-order chi connectivity index (χ0) is 13.1. The summed E-state index contributed by atoms with van der Waals surface area (Å²) in [4.78, 5) is 17.2. The second-order valence-corrected chi connectivity index (χ2v) is 3.83. The first-order valence-corrected chi connectivity index (χ1v) is 5.52. The Bertz CT molecular complexity index is 398. The SMILES string of the molecule is CCN(CC)C(=O)c1cncc(C(C)(F)F)c1. The first kappa shape index (κ1) is 13.5. The van der Waals surface area contributed by atoms with Gasteiger partial charge in [-0.3, -0.25) is 9.78 Å². The molecule has 3 nitrogen and oxygen atoms in total.